The van der Waals surface area contributed by atoms with Crippen LogP contribution in [0.5, 0.6) is 0 Å². The van der Waals surface area contributed by atoms with E-state index in [9.17, 15) is 40.0 Å². The van der Waals surface area contributed by atoms with E-state index in [1.54, 1.807) is 6.92 Å². The van der Waals surface area contributed by atoms with Crippen LogP contribution in [0.1, 0.15) is 34.1 Å². The van der Waals surface area contributed by atoms with Gasteiger partial charge in [0.05, 0.1) is 24.1 Å². The zero-order chi connectivity index (χ0) is 32.2. The fourth-order valence-electron chi connectivity index (χ4n) is 4.72. The van der Waals surface area contributed by atoms with E-state index < -0.39 is 60.5 Å². The van der Waals surface area contributed by atoms with Gasteiger partial charge in [0, 0.05) is 34.6 Å². The van der Waals surface area contributed by atoms with Crippen molar-refractivity contribution in [3.05, 3.63) is 77.6 Å². The predicted molar refractivity (Wildman–Crippen MR) is 158 cm³/mol. The molecule has 234 valence electrons. The molecular formula is C31H29F5N2O5S. The van der Waals surface area contributed by atoms with Gasteiger partial charge in [0.2, 0.25) is 10.0 Å². The smallest absolute Gasteiger partial charge is 0.251 e. The van der Waals surface area contributed by atoms with Gasteiger partial charge in [-0.15, -0.1) is 0 Å². The summed E-state index contributed by atoms with van der Waals surface area (Å²) < 4.78 is 100. The number of carbonyl (C=O) groups excluding carboxylic acids is 2. The largest absolute Gasteiger partial charge is 0.455 e. The van der Waals surface area contributed by atoms with E-state index in [-0.39, 0.29) is 56.9 Å². The fraction of sp³-hybridized carbons (Fsp3) is 0.290. The number of halogens is 5. The lowest BCUT2D eigenvalue weighted by Crippen LogP contribution is -2.54. The molecule has 0 bridgehead atoms. The third-order valence-electron chi connectivity index (χ3n) is 7.05. The van der Waals surface area contributed by atoms with Crippen molar-refractivity contribution in [3.8, 4) is 22.5 Å². The topological polar surface area (TPSA) is 96.7 Å². The number of benzene rings is 3. The Bertz CT molecular complexity index is 1780. The Labute approximate surface area is 250 Å². The highest BCUT2D eigenvalue weighted by molar-refractivity contribution is 7.92. The molecule has 0 spiro atoms. The molecule has 0 fully saturated rings. The summed E-state index contributed by atoms with van der Waals surface area (Å²) in [4.78, 5) is 26.1. The molecule has 7 nitrogen and oxygen atoms in total. The van der Waals surface area contributed by atoms with Crippen molar-refractivity contribution in [2.45, 2.75) is 18.9 Å². The van der Waals surface area contributed by atoms with Gasteiger partial charge in [-0.1, -0.05) is 19.1 Å². The summed E-state index contributed by atoms with van der Waals surface area (Å²) in [5.41, 5.74) is -1.57. The number of amides is 1. The average molecular weight is 637 g/mol. The van der Waals surface area contributed by atoms with Crippen LogP contribution in [0.15, 0.2) is 65.1 Å². The molecule has 0 aliphatic carbocycles. The zero-order valence-corrected chi connectivity index (χ0v) is 24.6. The van der Waals surface area contributed by atoms with E-state index in [1.807, 2.05) is 5.32 Å². The number of hydrogen-bond donors (Lipinski definition) is 1. The van der Waals surface area contributed by atoms with Gasteiger partial charge in [0.15, 0.2) is 5.78 Å². The number of nitrogens with zero attached hydrogens (tertiary/aromatic N) is 1. The maximum Gasteiger partial charge on any atom is 0.251 e. The monoisotopic (exact) mass is 636 g/mol. The van der Waals surface area contributed by atoms with Crippen molar-refractivity contribution in [1.29, 1.82) is 0 Å². The van der Waals surface area contributed by atoms with Crippen LogP contribution < -0.4 is 9.62 Å². The summed E-state index contributed by atoms with van der Waals surface area (Å²) >= 11 is 0. The van der Waals surface area contributed by atoms with Crippen LogP contribution in [0.25, 0.3) is 33.4 Å². The summed E-state index contributed by atoms with van der Waals surface area (Å²) in [5, 5.41) is 2.31. The van der Waals surface area contributed by atoms with Gasteiger partial charge in [-0.3, -0.25) is 13.9 Å². The molecule has 4 aromatic rings. The van der Waals surface area contributed by atoms with Crippen LogP contribution in [0.4, 0.5) is 27.6 Å². The van der Waals surface area contributed by atoms with Gasteiger partial charge in [0.25, 0.3) is 5.91 Å². The van der Waals surface area contributed by atoms with Gasteiger partial charge in [-0.05, 0) is 48.0 Å². The molecule has 44 heavy (non-hydrogen) atoms. The first-order chi connectivity index (χ1) is 20.9. The van der Waals surface area contributed by atoms with Gasteiger partial charge >= 0.3 is 0 Å². The number of fused-ring (bicyclic) bond motifs is 1. The van der Waals surface area contributed by atoms with Crippen molar-refractivity contribution in [3.63, 3.8) is 0 Å². The number of anilines is 1. The Morgan fingerprint density at radius 2 is 1.59 bits per heavy atom. The Hall–Kier alpha value is -4.26. The van der Waals surface area contributed by atoms with Crippen LogP contribution >= 0.6 is 0 Å². The first-order valence-corrected chi connectivity index (χ1v) is 15.3. The number of ketones is 1. The molecule has 0 saturated carbocycles. The maximum absolute atomic E-state index is 13.7. The molecule has 3 aromatic carbocycles. The SMILES string of the molecule is CCC(=O)c1c(-c2ccc(F)cc2)oc2cc(N(CCF)S(C)(=O)=O)c(-c3cccc(C(=O)NC(CF)(CF)CF)c3)cc12. The number of hydrogen-bond acceptors (Lipinski definition) is 5. The summed E-state index contributed by atoms with van der Waals surface area (Å²) in [6.07, 6.45) is 0.940. The molecule has 13 heteroatoms. The van der Waals surface area contributed by atoms with Crippen LogP contribution in [0.3, 0.4) is 0 Å². The average Bonchev–Trinajstić information content (AvgIpc) is 3.39. The van der Waals surface area contributed by atoms with Gasteiger partial charge in [-0.2, -0.15) is 0 Å². The van der Waals surface area contributed by atoms with E-state index in [1.165, 1.54) is 60.7 Å². The Kier molecular flexibility index (Phi) is 9.77. The molecule has 1 aromatic heterocycles. The minimum Gasteiger partial charge on any atom is -0.455 e. The summed E-state index contributed by atoms with van der Waals surface area (Å²) in [7, 11) is -4.08. The summed E-state index contributed by atoms with van der Waals surface area (Å²) in [5.74, 6) is -1.73. The number of furan rings is 1. The maximum atomic E-state index is 13.7. The van der Waals surface area contributed by atoms with Crippen molar-refractivity contribution in [2.24, 2.45) is 0 Å². The quantitative estimate of drug-likeness (QED) is 0.132. The molecule has 4 rings (SSSR count). The fourth-order valence-corrected chi connectivity index (χ4v) is 5.63. The highest BCUT2D eigenvalue weighted by Gasteiger charge is 2.33. The molecular weight excluding hydrogens is 607 g/mol. The molecule has 0 aliphatic rings. The lowest BCUT2D eigenvalue weighted by molar-refractivity contribution is 0.0810. The minimum atomic E-state index is -4.08. The van der Waals surface area contributed by atoms with Crippen LogP contribution in [0.2, 0.25) is 0 Å². The van der Waals surface area contributed by atoms with Crippen molar-refractivity contribution >= 4 is 38.4 Å². The normalized spacial score (nSPS) is 12.0. The van der Waals surface area contributed by atoms with E-state index in [4.69, 9.17) is 4.42 Å². The number of carbonyl (C=O) groups is 2. The molecule has 0 aliphatic heterocycles. The van der Waals surface area contributed by atoms with E-state index in [2.05, 4.69) is 0 Å². The highest BCUT2D eigenvalue weighted by Crippen LogP contribution is 2.42. The van der Waals surface area contributed by atoms with E-state index in [0.29, 0.717) is 5.56 Å². The highest BCUT2D eigenvalue weighted by atomic mass is 32.2. The molecule has 0 atom stereocenters. The molecule has 1 heterocycles. The van der Waals surface area contributed by atoms with Crippen molar-refractivity contribution < 1.29 is 44.4 Å². The third kappa shape index (κ3) is 6.47. The molecule has 1 N–H and O–H groups in total. The first kappa shape index (κ1) is 32.6. The second-order valence-corrected chi connectivity index (χ2v) is 12.1. The lowest BCUT2D eigenvalue weighted by Gasteiger charge is -2.26. The Morgan fingerprint density at radius 3 is 2.16 bits per heavy atom. The van der Waals surface area contributed by atoms with Crippen molar-refractivity contribution in [1.82, 2.24) is 5.32 Å². The number of nitrogens with one attached hydrogen (secondary N) is 1. The number of sulfonamides is 1. The Morgan fingerprint density at radius 1 is 0.932 bits per heavy atom. The summed E-state index contributed by atoms with van der Waals surface area (Å²) in [6, 6.07) is 13.5. The zero-order valence-electron chi connectivity index (χ0n) is 23.8. The molecule has 0 unspecified atom stereocenters. The second-order valence-electron chi connectivity index (χ2n) is 10.2. The number of alkyl halides is 4. The van der Waals surface area contributed by atoms with E-state index >= 15 is 0 Å². The number of Topliss-reactive ketones (excluding diaryl/α,β-unsaturated/α-hetero) is 1. The molecule has 0 saturated heterocycles. The van der Waals surface area contributed by atoms with Gasteiger partial charge < -0.3 is 9.73 Å². The number of rotatable bonds is 13. The lowest BCUT2D eigenvalue weighted by atomic mass is 9.95. The van der Waals surface area contributed by atoms with Gasteiger partial charge in [-0.25, -0.2) is 30.4 Å². The standard InChI is InChI=1S/C31H29F5N2O5S/c1-3-26(39)28-24-14-23(20-5-4-6-21(13-20)30(40)37-31(16-33,17-34)18-35)25(38(12-11-32)44(2,41)42)15-27(24)43-29(28)19-7-9-22(36)10-8-19/h4-10,13-15H,3,11-12,16-18H2,1-2H3,(H,37,40). The van der Waals surface area contributed by atoms with Crippen LogP contribution in [0, 0.1) is 5.82 Å². The second kappa shape index (κ2) is 13.2. The molecule has 0 radical (unpaired) electrons. The van der Waals surface area contributed by atoms with E-state index in [0.717, 1.165) is 10.6 Å². The summed E-state index contributed by atoms with van der Waals surface area (Å²) in [6.45, 7) is -4.48. The minimum absolute atomic E-state index is 0.0456. The van der Waals surface area contributed by atoms with Crippen molar-refractivity contribution in [2.75, 3.05) is 43.8 Å². The van der Waals surface area contributed by atoms with Gasteiger partial charge in [0.1, 0.15) is 49.4 Å². The Balaban J connectivity index is 2.01. The first-order valence-electron chi connectivity index (χ1n) is 13.5. The van der Waals surface area contributed by atoms with Crippen LogP contribution in [-0.2, 0) is 10.0 Å². The molecule has 1 amide bonds. The van der Waals surface area contributed by atoms with Crippen LogP contribution in [-0.4, -0.2) is 65.1 Å². The third-order valence-corrected chi connectivity index (χ3v) is 8.23. The predicted octanol–water partition coefficient (Wildman–Crippen LogP) is 6.61.